The number of hydrogen-bond donors (Lipinski definition) is 0. The molecular formula is C26H26O8. The smallest absolute Gasteiger partial charge is 0.338 e. The van der Waals surface area contributed by atoms with Crippen LogP contribution in [0.2, 0.25) is 0 Å². The molecule has 3 aromatic rings. The summed E-state index contributed by atoms with van der Waals surface area (Å²) in [6, 6.07) is 24.5. The third kappa shape index (κ3) is 8.93. The largest absolute Gasteiger partial charge is 0.468 e. The quantitative estimate of drug-likeness (QED) is 0.199. The van der Waals surface area contributed by atoms with Gasteiger partial charge in [-0.15, -0.1) is 0 Å². The molecule has 0 aliphatic carbocycles. The van der Waals surface area contributed by atoms with Gasteiger partial charge in [-0.1, -0.05) is 36.4 Å². The molecule has 0 saturated carbocycles. The zero-order chi connectivity index (χ0) is 23.8. The van der Waals surface area contributed by atoms with Crippen molar-refractivity contribution in [2.75, 3.05) is 40.0 Å². The summed E-state index contributed by atoms with van der Waals surface area (Å²) < 4.78 is 31.7. The van der Waals surface area contributed by atoms with Crippen molar-refractivity contribution in [2.24, 2.45) is 0 Å². The van der Waals surface area contributed by atoms with E-state index in [2.05, 4.69) is 0 Å². The Labute approximate surface area is 197 Å². The van der Waals surface area contributed by atoms with Crippen LogP contribution in [-0.2, 0) is 18.9 Å². The number of carbonyl (C=O) groups is 2. The zero-order valence-electron chi connectivity index (χ0n) is 18.6. The maximum atomic E-state index is 12.1. The molecule has 34 heavy (non-hydrogen) atoms. The Hall–Kier alpha value is -3.88. The minimum absolute atomic E-state index is 0.0188. The molecule has 0 saturated heterocycles. The van der Waals surface area contributed by atoms with Crippen LogP contribution in [0.4, 0.5) is 0 Å². The fourth-order valence-corrected chi connectivity index (χ4v) is 2.67. The third-order valence-electron chi connectivity index (χ3n) is 4.38. The molecule has 0 amide bonds. The third-order valence-corrected chi connectivity index (χ3v) is 4.38. The number of esters is 2. The number of rotatable bonds is 14. The Morgan fingerprint density at radius 3 is 1.47 bits per heavy atom. The van der Waals surface area contributed by atoms with Gasteiger partial charge in [-0.05, 0) is 48.5 Å². The van der Waals surface area contributed by atoms with Crippen molar-refractivity contribution >= 4 is 11.9 Å². The topological polar surface area (TPSA) is 89.5 Å². The summed E-state index contributed by atoms with van der Waals surface area (Å²) in [5.74, 6) is 0.369. The summed E-state index contributed by atoms with van der Waals surface area (Å²) in [4.78, 5) is 23.9. The van der Waals surface area contributed by atoms with E-state index in [0.29, 0.717) is 22.6 Å². The van der Waals surface area contributed by atoms with Gasteiger partial charge in [-0.25, -0.2) is 9.59 Å². The molecule has 178 valence electrons. The van der Waals surface area contributed by atoms with Crippen LogP contribution < -0.4 is 9.47 Å². The number of hydrogen-bond acceptors (Lipinski definition) is 8. The van der Waals surface area contributed by atoms with E-state index in [0.717, 1.165) is 0 Å². The fourth-order valence-electron chi connectivity index (χ4n) is 2.67. The molecule has 8 nitrogen and oxygen atoms in total. The Balaban J connectivity index is 1.23. The molecule has 0 aromatic heterocycles. The normalized spacial score (nSPS) is 10.4. The molecule has 0 heterocycles. The zero-order valence-corrected chi connectivity index (χ0v) is 18.6. The monoisotopic (exact) mass is 466 g/mol. The minimum Gasteiger partial charge on any atom is -0.468 e. The van der Waals surface area contributed by atoms with Gasteiger partial charge in [-0.2, -0.15) is 0 Å². The van der Waals surface area contributed by atoms with E-state index in [1.54, 1.807) is 48.5 Å². The van der Waals surface area contributed by atoms with E-state index in [1.165, 1.54) is 0 Å². The molecule has 0 unspecified atom stereocenters. The Morgan fingerprint density at radius 1 is 0.500 bits per heavy atom. The SMILES string of the molecule is O=C(OCCOCOc1ccc(C(=O)OCCOCOc2ccccc2)cc1)c1ccccc1. The van der Waals surface area contributed by atoms with Gasteiger partial charge in [-0.3, -0.25) is 0 Å². The second kappa shape index (κ2) is 14.3. The highest BCUT2D eigenvalue weighted by molar-refractivity contribution is 5.89. The minimum atomic E-state index is -0.462. The second-order valence-corrected chi connectivity index (χ2v) is 6.82. The van der Waals surface area contributed by atoms with Crippen LogP contribution in [0.25, 0.3) is 0 Å². The number of para-hydroxylation sites is 1. The molecule has 0 fully saturated rings. The van der Waals surface area contributed by atoms with Gasteiger partial charge in [0, 0.05) is 0 Å². The van der Waals surface area contributed by atoms with Crippen LogP contribution >= 0.6 is 0 Å². The predicted molar refractivity (Wildman–Crippen MR) is 123 cm³/mol. The molecule has 0 aliphatic rings. The lowest BCUT2D eigenvalue weighted by molar-refractivity contribution is -0.0121. The standard InChI is InChI=1S/C26H26O8/c27-25(21-7-3-1-4-8-21)31-17-15-30-20-34-24-13-11-22(12-14-24)26(28)32-18-16-29-19-33-23-9-5-2-6-10-23/h1-14H,15-20H2. The lowest BCUT2D eigenvalue weighted by Crippen LogP contribution is -2.13. The van der Waals surface area contributed by atoms with Gasteiger partial charge in [0.05, 0.1) is 24.3 Å². The van der Waals surface area contributed by atoms with Gasteiger partial charge >= 0.3 is 11.9 Å². The average molecular weight is 466 g/mol. The highest BCUT2D eigenvalue weighted by Gasteiger charge is 2.08. The van der Waals surface area contributed by atoms with Crippen LogP contribution in [-0.4, -0.2) is 52.0 Å². The first-order valence-corrected chi connectivity index (χ1v) is 10.7. The molecule has 8 heteroatoms. The van der Waals surface area contributed by atoms with E-state index >= 15 is 0 Å². The van der Waals surface area contributed by atoms with Crippen LogP contribution in [0.15, 0.2) is 84.9 Å². The van der Waals surface area contributed by atoms with Crippen molar-refractivity contribution in [1.29, 1.82) is 0 Å². The Morgan fingerprint density at radius 2 is 0.941 bits per heavy atom. The lowest BCUT2D eigenvalue weighted by atomic mass is 10.2. The highest BCUT2D eigenvalue weighted by Crippen LogP contribution is 2.13. The fraction of sp³-hybridized carbons (Fsp3) is 0.231. The van der Waals surface area contributed by atoms with Crippen molar-refractivity contribution < 1.29 is 38.0 Å². The summed E-state index contributed by atoms with van der Waals surface area (Å²) in [7, 11) is 0. The van der Waals surface area contributed by atoms with Gasteiger partial charge in [0.25, 0.3) is 0 Å². The van der Waals surface area contributed by atoms with Crippen LogP contribution in [0, 0.1) is 0 Å². The average Bonchev–Trinajstić information content (AvgIpc) is 2.89. The molecule has 0 bridgehead atoms. The highest BCUT2D eigenvalue weighted by atomic mass is 16.7. The van der Waals surface area contributed by atoms with Crippen molar-refractivity contribution in [2.45, 2.75) is 0 Å². The molecule has 0 spiro atoms. The van der Waals surface area contributed by atoms with E-state index in [9.17, 15) is 9.59 Å². The van der Waals surface area contributed by atoms with Crippen molar-refractivity contribution in [3.8, 4) is 11.5 Å². The predicted octanol–water partition coefficient (Wildman–Crippen LogP) is 4.11. The van der Waals surface area contributed by atoms with Crippen LogP contribution in [0.3, 0.4) is 0 Å². The molecule has 3 rings (SSSR count). The number of carbonyl (C=O) groups excluding carboxylic acids is 2. The first-order chi connectivity index (χ1) is 16.7. The van der Waals surface area contributed by atoms with Gasteiger partial charge < -0.3 is 28.4 Å². The van der Waals surface area contributed by atoms with Crippen molar-refractivity contribution in [3.05, 3.63) is 96.1 Å². The summed E-state index contributed by atoms with van der Waals surface area (Å²) in [5, 5.41) is 0. The maximum absolute atomic E-state index is 12.1. The summed E-state index contributed by atoms with van der Waals surface area (Å²) in [6.07, 6.45) is 0. The Bertz CT molecular complexity index is 990. The number of benzene rings is 3. The first kappa shape index (κ1) is 24.8. The van der Waals surface area contributed by atoms with Crippen molar-refractivity contribution in [3.63, 3.8) is 0 Å². The summed E-state index contributed by atoms with van der Waals surface area (Å²) in [6.45, 7) is 0.696. The van der Waals surface area contributed by atoms with Crippen molar-refractivity contribution in [1.82, 2.24) is 0 Å². The van der Waals surface area contributed by atoms with E-state index < -0.39 is 11.9 Å². The van der Waals surface area contributed by atoms with Crippen LogP contribution in [0.1, 0.15) is 20.7 Å². The molecule has 0 radical (unpaired) electrons. The van der Waals surface area contributed by atoms with Gasteiger partial charge in [0.1, 0.15) is 24.7 Å². The van der Waals surface area contributed by atoms with E-state index in [4.69, 9.17) is 28.4 Å². The van der Waals surface area contributed by atoms with Gasteiger partial charge in [0.15, 0.2) is 13.6 Å². The number of ether oxygens (including phenoxy) is 6. The summed E-state index contributed by atoms with van der Waals surface area (Å²) in [5.41, 5.74) is 0.878. The molecule has 0 aliphatic heterocycles. The van der Waals surface area contributed by atoms with Crippen LogP contribution in [0.5, 0.6) is 11.5 Å². The molecular weight excluding hydrogens is 440 g/mol. The first-order valence-electron chi connectivity index (χ1n) is 10.7. The summed E-state index contributed by atoms with van der Waals surface area (Å²) >= 11 is 0. The van der Waals surface area contributed by atoms with E-state index in [-0.39, 0.29) is 40.0 Å². The Kier molecular flexibility index (Phi) is 10.4. The van der Waals surface area contributed by atoms with Gasteiger partial charge in [0.2, 0.25) is 0 Å². The lowest BCUT2D eigenvalue weighted by Gasteiger charge is -2.09. The van der Waals surface area contributed by atoms with E-state index in [1.807, 2.05) is 36.4 Å². The molecule has 0 N–H and O–H groups in total. The second-order valence-electron chi connectivity index (χ2n) is 6.82. The molecule has 0 atom stereocenters. The molecule has 3 aromatic carbocycles. The maximum Gasteiger partial charge on any atom is 0.338 e.